The van der Waals surface area contributed by atoms with Crippen LogP contribution in [0.4, 0.5) is 0 Å². The summed E-state index contributed by atoms with van der Waals surface area (Å²) in [5.41, 5.74) is 1.21. The predicted octanol–water partition coefficient (Wildman–Crippen LogP) is 4.25. The monoisotopic (exact) mass is 295 g/mol. The van der Waals surface area contributed by atoms with Crippen molar-refractivity contribution < 1.29 is 4.79 Å². The molecule has 3 rings (SSSR count). The van der Waals surface area contributed by atoms with Gasteiger partial charge in [0.15, 0.2) is 5.78 Å². The molecular formula is C18H14ClNO. The van der Waals surface area contributed by atoms with Crippen LogP contribution >= 0.6 is 11.6 Å². The SMILES string of the molecule is N#CC(C(=O)C1(c2ccccc2)CC1)c1cccc(Cl)c1. The summed E-state index contributed by atoms with van der Waals surface area (Å²) in [6, 6.07) is 18.9. The number of benzene rings is 2. The second-order valence-electron chi connectivity index (χ2n) is 5.43. The van der Waals surface area contributed by atoms with Crippen molar-refractivity contribution in [2.75, 3.05) is 0 Å². The third-order valence-corrected chi connectivity index (χ3v) is 4.36. The largest absolute Gasteiger partial charge is 0.297 e. The van der Waals surface area contributed by atoms with Gasteiger partial charge in [0, 0.05) is 5.02 Å². The number of Topliss-reactive ketones (excluding diaryl/α,β-unsaturated/α-hetero) is 1. The third-order valence-electron chi connectivity index (χ3n) is 4.12. The molecule has 0 bridgehead atoms. The minimum Gasteiger partial charge on any atom is -0.297 e. The molecule has 0 spiro atoms. The van der Waals surface area contributed by atoms with Crippen LogP contribution in [0.15, 0.2) is 54.6 Å². The lowest BCUT2D eigenvalue weighted by molar-refractivity contribution is -0.121. The molecule has 1 aliphatic carbocycles. The summed E-state index contributed by atoms with van der Waals surface area (Å²) in [4.78, 5) is 12.9. The van der Waals surface area contributed by atoms with Gasteiger partial charge in [0.05, 0.1) is 11.5 Å². The van der Waals surface area contributed by atoms with Crippen LogP contribution in [0.5, 0.6) is 0 Å². The Morgan fingerprint density at radius 3 is 2.43 bits per heavy atom. The van der Waals surface area contributed by atoms with Gasteiger partial charge in [-0.25, -0.2) is 0 Å². The highest BCUT2D eigenvalue weighted by Gasteiger charge is 2.53. The number of hydrogen-bond donors (Lipinski definition) is 0. The Bertz CT molecular complexity index is 713. The third kappa shape index (κ3) is 2.46. The van der Waals surface area contributed by atoms with E-state index >= 15 is 0 Å². The highest BCUT2D eigenvalue weighted by atomic mass is 35.5. The highest BCUT2D eigenvalue weighted by Crippen LogP contribution is 2.51. The maximum atomic E-state index is 12.9. The molecule has 1 aliphatic rings. The number of carbonyl (C=O) groups is 1. The second-order valence-corrected chi connectivity index (χ2v) is 5.87. The smallest absolute Gasteiger partial charge is 0.164 e. The van der Waals surface area contributed by atoms with Crippen LogP contribution in [0.25, 0.3) is 0 Å². The first-order valence-corrected chi connectivity index (χ1v) is 7.30. The zero-order chi connectivity index (χ0) is 14.9. The van der Waals surface area contributed by atoms with Crippen molar-refractivity contribution in [1.29, 1.82) is 5.26 Å². The topological polar surface area (TPSA) is 40.9 Å². The Kier molecular flexibility index (Phi) is 3.53. The average Bonchev–Trinajstić information content (AvgIpc) is 3.31. The van der Waals surface area contributed by atoms with E-state index in [1.807, 2.05) is 30.3 Å². The molecule has 0 saturated heterocycles. The van der Waals surface area contributed by atoms with Crippen LogP contribution in [0.2, 0.25) is 5.02 Å². The fraction of sp³-hybridized carbons (Fsp3) is 0.222. The minimum atomic E-state index is -0.758. The molecule has 2 nitrogen and oxygen atoms in total. The van der Waals surface area contributed by atoms with Gasteiger partial charge >= 0.3 is 0 Å². The van der Waals surface area contributed by atoms with E-state index in [4.69, 9.17) is 11.6 Å². The van der Waals surface area contributed by atoms with E-state index in [1.165, 1.54) is 0 Å². The number of carbonyl (C=O) groups excluding carboxylic acids is 1. The quantitative estimate of drug-likeness (QED) is 0.846. The first-order chi connectivity index (χ1) is 10.2. The molecule has 104 valence electrons. The van der Waals surface area contributed by atoms with Gasteiger partial charge in [-0.2, -0.15) is 5.26 Å². The summed E-state index contributed by atoms with van der Waals surface area (Å²) < 4.78 is 0. The van der Waals surface area contributed by atoms with Crippen molar-refractivity contribution >= 4 is 17.4 Å². The van der Waals surface area contributed by atoms with Gasteiger partial charge in [0.2, 0.25) is 0 Å². The van der Waals surface area contributed by atoms with Gasteiger partial charge in [-0.1, -0.05) is 54.1 Å². The highest BCUT2D eigenvalue weighted by molar-refractivity contribution is 6.30. The fourth-order valence-corrected chi connectivity index (χ4v) is 3.01. The molecule has 3 heteroatoms. The average molecular weight is 296 g/mol. The van der Waals surface area contributed by atoms with Crippen molar-refractivity contribution in [2.45, 2.75) is 24.2 Å². The Hall–Kier alpha value is -2.11. The molecule has 21 heavy (non-hydrogen) atoms. The second kappa shape index (κ2) is 5.35. The Morgan fingerprint density at radius 1 is 1.14 bits per heavy atom. The first-order valence-electron chi connectivity index (χ1n) is 6.92. The summed E-state index contributed by atoms with van der Waals surface area (Å²) in [5, 5.41) is 10.0. The van der Waals surface area contributed by atoms with Crippen molar-refractivity contribution in [3.05, 3.63) is 70.7 Å². The van der Waals surface area contributed by atoms with E-state index in [1.54, 1.807) is 24.3 Å². The standard InChI is InChI=1S/C18H14ClNO/c19-15-8-4-5-13(11-15)16(12-20)17(21)18(9-10-18)14-6-2-1-3-7-14/h1-8,11,16H,9-10H2. The minimum absolute atomic E-state index is 0.0153. The molecule has 1 atom stereocenters. The molecular weight excluding hydrogens is 282 g/mol. The van der Waals surface area contributed by atoms with Gasteiger partial charge in [-0.3, -0.25) is 4.79 Å². The molecule has 0 aliphatic heterocycles. The predicted molar refractivity (Wildman–Crippen MR) is 82.2 cm³/mol. The summed E-state index contributed by atoms with van der Waals surface area (Å²) in [6.07, 6.45) is 1.63. The van der Waals surface area contributed by atoms with E-state index in [2.05, 4.69) is 6.07 Å². The number of hydrogen-bond acceptors (Lipinski definition) is 2. The molecule has 0 heterocycles. The summed E-state index contributed by atoms with van der Waals surface area (Å²) >= 11 is 5.98. The molecule has 0 amide bonds. The molecule has 1 unspecified atom stereocenters. The lowest BCUT2D eigenvalue weighted by Crippen LogP contribution is -2.26. The van der Waals surface area contributed by atoms with Crippen molar-refractivity contribution in [2.24, 2.45) is 0 Å². The van der Waals surface area contributed by atoms with Crippen molar-refractivity contribution in [3.63, 3.8) is 0 Å². The van der Waals surface area contributed by atoms with Gasteiger partial charge in [0.25, 0.3) is 0 Å². The van der Waals surface area contributed by atoms with Gasteiger partial charge in [-0.05, 0) is 36.1 Å². The molecule has 0 N–H and O–H groups in total. The molecule has 0 aromatic heterocycles. The molecule has 0 radical (unpaired) electrons. The van der Waals surface area contributed by atoms with Crippen molar-refractivity contribution in [3.8, 4) is 6.07 Å². The van der Waals surface area contributed by atoms with Gasteiger partial charge in [0.1, 0.15) is 5.92 Å². The Balaban J connectivity index is 1.96. The molecule has 1 saturated carbocycles. The van der Waals surface area contributed by atoms with Crippen LogP contribution < -0.4 is 0 Å². The number of halogens is 1. The lowest BCUT2D eigenvalue weighted by atomic mass is 9.82. The molecule has 2 aromatic carbocycles. The Labute approximate surface area is 129 Å². The van der Waals surface area contributed by atoms with Crippen LogP contribution in [-0.4, -0.2) is 5.78 Å². The van der Waals surface area contributed by atoms with Crippen molar-refractivity contribution in [1.82, 2.24) is 0 Å². The molecule has 1 fully saturated rings. The number of nitriles is 1. The zero-order valence-electron chi connectivity index (χ0n) is 11.4. The first kappa shape index (κ1) is 13.9. The summed E-state index contributed by atoms with van der Waals surface area (Å²) in [5.74, 6) is -0.773. The fourth-order valence-electron chi connectivity index (χ4n) is 2.81. The van der Waals surface area contributed by atoms with E-state index in [0.717, 1.165) is 18.4 Å². The normalized spacial score (nSPS) is 16.8. The van der Waals surface area contributed by atoms with Crippen LogP contribution in [0.3, 0.4) is 0 Å². The Morgan fingerprint density at radius 2 is 1.86 bits per heavy atom. The van der Waals surface area contributed by atoms with Gasteiger partial charge < -0.3 is 0 Å². The van der Waals surface area contributed by atoms with E-state index in [-0.39, 0.29) is 5.78 Å². The maximum absolute atomic E-state index is 12.9. The lowest BCUT2D eigenvalue weighted by Gasteiger charge is -2.18. The summed E-state index contributed by atoms with van der Waals surface area (Å²) in [6.45, 7) is 0. The number of ketones is 1. The van der Waals surface area contributed by atoms with E-state index in [9.17, 15) is 10.1 Å². The van der Waals surface area contributed by atoms with Crippen LogP contribution in [-0.2, 0) is 10.2 Å². The van der Waals surface area contributed by atoms with Gasteiger partial charge in [-0.15, -0.1) is 0 Å². The van der Waals surface area contributed by atoms with Crippen LogP contribution in [0, 0.1) is 11.3 Å². The molecule has 2 aromatic rings. The van der Waals surface area contributed by atoms with E-state index in [0.29, 0.717) is 10.6 Å². The van der Waals surface area contributed by atoms with Crippen LogP contribution in [0.1, 0.15) is 29.9 Å². The number of rotatable bonds is 4. The maximum Gasteiger partial charge on any atom is 0.164 e. The number of nitrogens with zero attached hydrogens (tertiary/aromatic N) is 1. The van der Waals surface area contributed by atoms with E-state index < -0.39 is 11.3 Å². The summed E-state index contributed by atoms with van der Waals surface area (Å²) in [7, 11) is 0. The zero-order valence-corrected chi connectivity index (χ0v) is 12.2.